The van der Waals surface area contributed by atoms with Crippen LogP contribution in [0.15, 0.2) is 36.5 Å². The Morgan fingerprint density at radius 3 is 3.05 bits per heavy atom. The number of nitrogens with zero attached hydrogens (tertiary/aromatic N) is 2. The maximum absolute atomic E-state index is 6.25. The third-order valence-electron chi connectivity index (χ3n) is 3.85. The molecule has 0 atom stereocenters. The molecule has 100 valence electrons. The van der Waals surface area contributed by atoms with Gasteiger partial charge in [0, 0.05) is 18.2 Å². The van der Waals surface area contributed by atoms with Gasteiger partial charge in [-0.2, -0.15) is 0 Å². The number of nitrogen functional groups attached to an aromatic ring is 1. The van der Waals surface area contributed by atoms with Gasteiger partial charge in [0.15, 0.2) is 0 Å². The smallest absolute Gasteiger partial charge is 0.142 e. The summed E-state index contributed by atoms with van der Waals surface area (Å²) >= 11 is 0. The minimum atomic E-state index is 0.683. The summed E-state index contributed by atoms with van der Waals surface area (Å²) in [6, 6.07) is 10.2. The number of imidazole rings is 1. The van der Waals surface area contributed by atoms with Gasteiger partial charge in [0.25, 0.3) is 0 Å². The third-order valence-corrected chi connectivity index (χ3v) is 3.85. The van der Waals surface area contributed by atoms with Crippen LogP contribution in [0.4, 0.5) is 5.82 Å². The molecule has 3 aromatic rings. The van der Waals surface area contributed by atoms with Crippen molar-refractivity contribution in [2.24, 2.45) is 0 Å². The monoisotopic (exact) mass is 265 g/mol. The number of hydrogen-bond donors (Lipinski definition) is 1. The van der Waals surface area contributed by atoms with Gasteiger partial charge in [-0.05, 0) is 42.3 Å². The van der Waals surface area contributed by atoms with Crippen molar-refractivity contribution in [3.05, 3.63) is 47.7 Å². The number of anilines is 1. The Morgan fingerprint density at radius 1 is 1.30 bits per heavy atom. The van der Waals surface area contributed by atoms with Crippen LogP contribution in [0.25, 0.3) is 16.9 Å². The molecule has 4 rings (SSSR count). The fraction of sp³-hybridized carbons (Fsp3) is 0.188. The molecule has 1 aliphatic heterocycles. The van der Waals surface area contributed by atoms with Gasteiger partial charge >= 0.3 is 0 Å². The second kappa shape index (κ2) is 4.00. The van der Waals surface area contributed by atoms with Gasteiger partial charge in [-0.25, -0.2) is 4.98 Å². The zero-order chi connectivity index (χ0) is 13.7. The highest BCUT2D eigenvalue weighted by Gasteiger charge is 2.16. The van der Waals surface area contributed by atoms with Crippen LogP contribution in [-0.2, 0) is 6.42 Å². The molecule has 2 aromatic heterocycles. The fourth-order valence-corrected chi connectivity index (χ4v) is 2.77. The van der Waals surface area contributed by atoms with E-state index in [1.165, 1.54) is 5.56 Å². The molecule has 20 heavy (non-hydrogen) atoms. The molecular formula is C16H15N3O. The lowest BCUT2D eigenvalue weighted by molar-refractivity contribution is 0.357. The molecule has 0 unspecified atom stereocenters. The van der Waals surface area contributed by atoms with Crippen LogP contribution in [0, 0.1) is 6.92 Å². The maximum Gasteiger partial charge on any atom is 0.142 e. The number of nitrogens with two attached hydrogens (primary N) is 1. The molecule has 0 spiro atoms. The highest BCUT2D eigenvalue weighted by molar-refractivity contribution is 5.76. The first-order valence-electron chi connectivity index (χ1n) is 6.73. The molecule has 0 amide bonds. The van der Waals surface area contributed by atoms with E-state index < -0.39 is 0 Å². The van der Waals surface area contributed by atoms with Crippen molar-refractivity contribution >= 4 is 11.5 Å². The molecule has 2 N–H and O–H groups in total. The molecule has 3 heterocycles. The van der Waals surface area contributed by atoms with Crippen LogP contribution in [0.2, 0.25) is 0 Å². The van der Waals surface area contributed by atoms with Crippen LogP contribution in [0.3, 0.4) is 0 Å². The first-order valence-corrected chi connectivity index (χ1v) is 6.73. The Balaban J connectivity index is 1.94. The van der Waals surface area contributed by atoms with E-state index in [0.29, 0.717) is 5.82 Å². The van der Waals surface area contributed by atoms with Gasteiger partial charge in [0.1, 0.15) is 22.9 Å². The number of benzene rings is 1. The SMILES string of the molecule is Cc1cccn2c(N)c(-c3ccc4c(c3)CCO4)nc12. The molecule has 0 saturated heterocycles. The van der Waals surface area contributed by atoms with Crippen molar-refractivity contribution in [2.75, 3.05) is 12.3 Å². The Labute approximate surface area is 116 Å². The van der Waals surface area contributed by atoms with Gasteiger partial charge in [-0.3, -0.25) is 4.40 Å². The van der Waals surface area contributed by atoms with Crippen molar-refractivity contribution < 1.29 is 4.74 Å². The molecule has 0 fully saturated rings. The van der Waals surface area contributed by atoms with E-state index in [2.05, 4.69) is 6.07 Å². The molecule has 0 bridgehead atoms. The van der Waals surface area contributed by atoms with E-state index in [4.69, 9.17) is 15.5 Å². The Bertz CT molecular complexity index is 820. The molecule has 1 aromatic carbocycles. The summed E-state index contributed by atoms with van der Waals surface area (Å²) in [6.45, 7) is 2.81. The van der Waals surface area contributed by atoms with Crippen LogP contribution in [0.1, 0.15) is 11.1 Å². The van der Waals surface area contributed by atoms with E-state index >= 15 is 0 Å². The number of aryl methyl sites for hydroxylation is 1. The Morgan fingerprint density at radius 2 is 2.20 bits per heavy atom. The van der Waals surface area contributed by atoms with Gasteiger partial charge in [0.05, 0.1) is 6.61 Å². The predicted molar refractivity (Wildman–Crippen MR) is 79.0 cm³/mol. The van der Waals surface area contributed by atoms with Gasteiger partial charge in [-0.15, -0.1) is 0 Å². The van der Waals surface area contributed by atoms with E-state index in [9.17, 15) is 0 Å². The summed E-state index contributed by atoms with van der Waals surface area (Å²) in [4.78, 5) is 4.70. The van der Waals surface area contributed by atoms with Crippen LogP contribution < -0.4 is 10.5 Å². The van der Waals surface area contributed by atoms with Crippen molar-refractivity contribution in [1.82, 2.24) is 9.38 Å². The lowest BCUT2D eigenvalue weighted by atomic mass is 10.1. The van der Waals surface area contributed by atoms with Gasteiger partial charge in [0.2, 0.25) is 0 Å². The summed E-state index contributed by atoms with van der Waals surface area (Å²) in [5, 5.41) is 0. The number of aromatic nitrogens is 2. The summed E-state index contributed by atoms with van der Waals surface area (Å²) in [7, 11) is 0. The largest absolute Gasteiger partial charge is 0.493 e. The molecular weight excluding hydrogens is 250 g/mol. The summed E-state index contributed by atoms with van der Waals surface area (Å²) < 4.78 is 7.48. The second-order valence-corrected chi connectivity index (χ2v) is 5.15. The minimum Gasteiger partial charge on any atom is -0.493 e. The molecule has 0 saturated carbocycles. The molecule has 1 aliphatic rings. The Kier molecular flexibility index (Phi) is 2.27. The van der Waals surface area contributed by atoms with E-state index in [1.54, 1.807) is 0 Å². The summed E-state index contributed by atoms with van der Waals surface area (Å²) in [5.41, 5.74) is 11.4. The third kappa shape index (κ3) is 1.51. The Hall–Kier alpha value is -2.49. The van der Waals surface area contributed by atoms with E-state index in [0.717, 1.165) is 41.2 Å². The lowest BCUT2D eigenvalue weighted by Crippen LogP contribution is -1.94. The van der Waals surface area contributed by atoms with Crippen molar-refractivity contribution in [3.63, 3.8) is 0 Å². The van der Waals surface area contributed by atoms with Crippen LogP contribution in [0.5, 0.6) is 5.75 Å². The first kappa shape index (κ1) is 11.3. The number of hydrogen-bond acceptors (Lipinski definition) is 3. The van der Waals surface area contributed by atoms with Gasteiger partial charge in [-0.1, -0.05) is 6.07 Å². The molecule has 4 nitrogen and oxygen atoms in total. The quantitative estimate of drug-likeness (QED) is 0.736. The normalized spacial score (nSPS) is 13.4. The summed E-state index contributed by atoms with van der Waals surface area (Å²) in [5.74, 6) is 1.66. The maximum atomic E-state index is 6.25. The zero-order valence-electron chi connectivity index (χ0n) is 11.3. The first-order chi connectivity index (χ1) is 9.74. The highest BCUT2D eigenvalue weighted by Crippen LogP contribution is 2.33. The zero-order valence-corrected chi connectivity index (χ0v) is 11.3. The number of ether oxygens (including phenoxy) is 1. The van der Waals surface area contributed by atoms with E-state index in [1.807, 2.05) is 41.8 Å². The van der Waals surface area contributed by atoms with Crippen molar-refractivity contribution in [2.45, 2.75) is 13.3 Å². The van der Waals surface area contributed by atoms with Crippen LogP contribution >= 0.6 is 0 Å². The average molecular weight is 265 g/mol. The highest BCUT2D eigenvalue weighted by atomic mass is 16.5. The standard InChI is InChI=1S/C16H15N3O/c1-10-3-2-7-19-15(17)14(18-16(10)19)12-4-5-13-11(9-12)6-8-20-13/h2-5,7,9H,6,8,17H2,1H3. The minimum absolute atomic E-state index is 0.683. The fourth-order valence-electron chi connectivity index (χ4n) is 2.77. The molecule has 4 heteroatoms. The number of fused-ring (bicyclic) bond motifs is 2. The van der Waals surface area contributed by atoms with Crippen molar-refractivity contribution in [3.8, 4) is 17.0 Å². The lowest BCUT2D eigenvalue weighted by Gasteiger charge is -2.02. The summed E-state index contributed by atoms with van der Waals surface area (Å²) in [6.07, 6.45) is 2.90. The molecule has 0 radical (unpaired) electrons. The number of pyridine rings is 1. The average Bonchev–Trinajstić information content (AvgIpc) is 3.04. The van der Waals surface area contributed by atoms with Crippen LogP contribution in [-0.4, -0.2) is 16.0 Å². The second-order valence-electron chi connectivity index (χ2n) is 5.15. The van der Waals surface area contributed by atoms with Crippen molar-refractivity contribution in [1.29, 1.82) is 0 Å². The number of rotatable bonds is 1. The van der Waals surface area contributed by atoms with E-state index in [-0.39, 0.29) is 0 Å². The predicted octanol–water partition coefficient (Wildman–Crippen LogP) is 2.83. The topological polar surface area (TPSA) is 52.5 Å². The molecule has 0 aliphatic carbocycles. The van der Waals surface area contributed by atoms with Gasteiger partial charge < -0.3 is 10.5 Å².